The number of methoxy groups -OCH3 is 2. The Morgan fingerprint density at radius 1 is 1.06 bits per heavy atom. The van der Waals surface area contributed by atoms with Gasteiger partial charge < -0.3 is 14.6 Å². The molecule has 1 aliphatic heterocycles. The van der Waals surface area contributed by atoms with Gasteiger partial charge in [0.2, 0.25) is 0 Å². The molecule has 1 fully saturated rings. The van der Waals surface area contributed by atoms with Gasteiger partial charge in [0.15, 0.2) is 0 Å². The summed E-state index contributed by atoms with van der Waals surface area (Å²) in [4.78, 5) is 28.8. The smallest absolute Gasteiger partial charge is 0.300 e. The molecule has 0 bridgehead atoms. The molecular formula is C25H22ClNO5S. The number of nitrogens with zero attached hydrogens (tertiary/aromatic N) is 1. The van der Waals surface area contributed by atoms with Crippen molar-refractivity contribution in [2.75, 3.05) is 19.1 Å². The van der Waals surface area contributed by atoms with E-state index in [0.29, 0.717) is 11.4 Å². The molecule has 170 valence electrons. The summed E-state index contributed by atoms with van der Waals surface area (Å²) in [5.41, 5.74) is 2.60. The number of hydrogen-bond donors (Lipinski definition) is 1. The first kappa shape index (κ1) is 22.9. The number of halogens is 1. The number of aliphatic hydroxyl groups excluding tert-OH is 1. The van der Waals surface area contributed by atoms with Gasteiger partial charge in [-0.2, -0.15) is 0 Å². The minimum absolute atomic E-state index is 0.0222. The molecule has 2 heterocycles. The van der Waals surface area contributed by atoms with Gasteiger partial charge in [0.25, 0.3) is 11.7 Å². The molecule has 6 nitrogen and oxygen atoms in total. The number of hydrogen-bond acceptors (Lipinski definition) is 6. The van der Waals surface area contributed by atoms with Gasteiger partial charge in [-0.1, -0.05) is 29.8 Å². The quantitative estimate of drug-likeness (QED) is 0.288. The predicted molar refractivity (Wildman–Crippen MR) is 130 cm³/mol. The van der Waals surface area contributed by atoms with Crippen LogP contribution in [0.25, 0.3) is 5.76 Å². The Morgan fingerprint density at radius 2 is 1.79 bits per heavy atom. The standard InChI is InChI=1S/C25H22ClNO5S/c1-13-7-8-14(2)17(10-13)27-22(20-6-5-9-33-20)21(24(29)25(27)30)23(28)15-11-19(32-4)16(26)12-18(15)31-3/h5-12,22,28H,1-4H3/b23-21+. The zero-order valence-electron chi connectivity index (χ0n) is 18.5. The summed E-state index contributed by atoms with van der Waals surface area (Å²) in [5, 5.41) is 13.5. The molecular weight excluding hydrogens is 462 g/mol. The first-order valence-corrected chi connectivity index (χ1v) is 11.4. The number of Topliss-reactive ketones (excluding diaryl/α,β-unsaturated/α-hetero) is 1. The molecule has 1 aromatic heterocycles. The second-order valence-electron chi connectivity index (χ2n) is 7.66. The van der Waals surface area contributed by atoms with Crippen molar-refractivity contribution in [1.29, 1.82) is 0 Å². The molecule has 8 heteroatoms. The lowest BCUT2D eigenvalue weighted by molar-refractivity contribution is -0.132. The lowest BCUT2D eigenvalue weighted by Crippen LogP contribution is -2.29. The molecule has 1 unspecified atom stereocenters. The van der Waals surface area contributed by atoms with E-state index in [2.05, 4.69) is 0 Å². The van der Waals surface area contributed by atoms with Crippen molar-refractivity contribution in [2.24, 2.45) is 0 Å². The number of aryl methyl sites for hydroxylation is 2. The van der Waals surface area contributed by atoms with Crippen LogP contribution in [-0.4, -0.2) is 31.0 Å². The Balaban J connectivity index is 2.00. The molecule has 2 aromatic carbocycles. The zero-order valence-corrected chi connectivity index (χ0v) is 20.1. The van der Waals surface area contributed by atoms with Gasteiger partial charge in [0.05, 0.1) is 30.4 Å². The Morgan fingerprint density at radius 3 is 2.42 bits per heavy atom. The Labute approximate surface area is 200 Å². The van der Waals surface area contributed by atoms with E-state index >= 15 is 0 Å². The highest BCUT2D eigenvalue weighted by atomic mass is 35.5. The van der Waals surface area contributed by atoms with Crippen LogP contribution in [0.5, 0.6) is 11.5 Å². The fraction of sp³-hybridized carbons (Fsp3) is 0.200. The summed E-state index contributed by atoms with van der Waals surface area (Å²) < 4.78 is 10.7. The molecule has 0 saturated carbocycles. The lowest BCUT2D eigenvalue weighted by atomic mass is 9.98. The number of rotatable bonds is 5. The monoisotopic (exact) mass is 483 g/mol. The number of aliphatic hydroxyl groups is 1. The molecule has 1 saturated heterocycles. The van der Waals surface area contributed by atoms with Crippen molar-refractivity contribution in [3.05, 3.63) is 80.0 Å². The van der Waals surface area contributed by atoms with Crippen molar-refractivity contribution in [3.63, 3.8) is 0 Å². The largest absolute Gasteiger partial charge is 0.507 e. The number of ether oxygens (including phenoxy) is 2. The van der Waals surface area contributed by atoms with Gasteiger partial charge in [-0.15, -0.1) is 11.3 Å². The first-order valence-electron chi connectivity index (χ1n) is 10.1. The maximum Gasteiger partial charge on any atom is 0.300 e. The van der Waals surface area contributed by atoms with E-state index in [-0.39, 0.29) is 27.7 Å². The number of ketones is 1. The van der Waals surface area contributed by atoms with E-state index in [1.54, 1.807) is 0 Å². The maximum absolute atomic E-state index is 13.3. The van der Waals surface area contributed by atoms with Crippen LogP contribution in [0.1, 0.15) is 27.6 Å². The molecule has 0 spiro atoms. The second kappa shape index (κ2) is 8.92. The van der Waals surface area contributed by atoms with E-state index in [1.807, 2.05) is 49.6 Å². The molecule has 1 atom stereocenters. The van der Waals surface area contributed by atoms with Gasteiger partial charge in [-0.25, -0.2) is 0 Å². The van der Waals surface area contributed by atoms with Crippen molar-refractivity contribution >= 4 is 46.1 Å². The summed E-state index contributed by atoms with van der Waals surface area (Å²) in [6.07, 6.45) is 0. The Kier molecular flexibility index (Phi) is 6.19. The molecule has 0 aliphatic carbocycles. The van der Waals surface area contributed by atoms with E-state index in [1.165, 1.54) is 42.6 Å². The van der Waals surface area contributed by atoms with Crippen molar-refractivity contribution in [1.82, 2.24) is 0 Å². The fourth-order valence-electron chi connectivity index (χ4n) is 3.97. The SMILES string of the molecule is COc1cc(/C(O)=C2\C(=O)C(=O)N(c3cc(C)ccc3C)C2c2cccs2)c(OC)cc1Cl. The van der Waals surface area contributed by atoms with E-state index < -0.39 is 17.7 Å². The molecule has 4 rings (SSSR count). The number of anilines is 1. The van der Waals surface area contributed by atoms with Gasteiger partial charge in [0.1, 0.15) is 23.3 Å². The van der Waals surface area contributed by atoms with Gasteiger partial charge in [0, 0.05) is 16.6 Å². The average molecular weight is 484 g/mol. The third-order valence-corrected chi connectivity index (χ3v) is 6.83. The third-order valence-electron chi connectivity index (χ3n) is 5.61. The Bertz CT molecular complexity index is 1280. The highest BCUT2D eigenvalue weighted by molar-refractivity contribution is 7.10. The lowest BCUT2D eigenvalue weighted by Gasteiger charge is -2.26. The van der Waals surface area contributed by atoms with Gasteiger partial charge in [-0.05, 0) is 48.6 Å². The summed E-state index contributed by atoms with van der Waals surface area (Å²) in [6, 6.07) is 11.6. The van der Waals surface area contributed by atoms with Crippen LogP contribution < -0.4 is 14.4 Å². The highest BCUT2D eigenvalue weighted by Gasteiger charge is 2.48. The minimum Gasteiger partial charge on any atom is -0.507 e. The summed E-state index contributed by atoms with van der Waals surface area (Å²) in [7, 11) is 2.88. The predicted octanol–water partition coefficient (Wildman–Crippen LogP) is 5.66. The summed E-state index contributed by atoms with van der Waals surface area (Å²) >= 11 is 7.61. The van der Waals surface area contributed by atoms with Crippen LogP contribution in [0.15, 0.2) is 53.4 Å². The molecule has 1 amide bonds. The zero-order chi connectivity index (χ0) is 23.9. The normalized spacial score (nSPS) is 17.5. The molecule has 1 N–H and O–H groups in total. The summed E-state index contributed by atoms with van der Waals surface area (Å²) in [6.45, 7) is 3.80. The average Bonchev–Trinajstić information content (AvgIpc) is 3.42. The second-order valence-corrected chi connectivity index (χ2v) is 9.05. The molecule has 0 radical (unpaired) electrons. The number of thiophene rings is 1. The number of carbonyl (C=O) groups excluding carboxylic acids is 2. The van der Waals surface area contributed by atoms with Crippen molar-refractivity contribution < 1.29 is 24.2 Å². The minimum atomic E-state index is -0.795. The fourth-order valence-corrected chi connectivity index (χ4v) is 5.02. The van der Waals surface area contributed by atoms with Gasteiger partial charge >= 0.3 is 0 Å². The first-order chi connectivity index (χ1) is 15.8. The van der Waals surface area contributed by atoms with Crippen molar-refractivity contribution in [3.8, 4) is 11.5 Å². The maximum atomic E-state index is 13.3. The Hall–Kier alpha value is -3.29. The number of benzene rings is 2. The number of amides is 1. The van der Waals surface area contributed by atoms with Crippen LogP contribution in [0, 0.1) is 13.8 Å². The summed E-state index contributed by atoms with van der Waals surface area (Å²) in [5.74, 6) is -1.28. The van der Waals surface area contributed by atoms with E-state index in [0.717, 1.165) is 16.0 Å². The van der Waals surface area contributed by atoms with Crippen molar-refractivity contribution in [2.45, 2.75) is 19.9 Å². The van der Waals surface area contributed by atoms with Crippen LogP contribution >= 0.6 is 22.9 Å². The van der Waals surface area contributed by atoms with Crippen LogP contribution in [0.3, 0.4) is 0 Å². The highest BCUT2D eigenvalue weighted by Crippen LogP contribution is 2.46. The molecule has 33 heavy (non-hydrogen) atoms. The van der Waals surface area contributed by atoms with Crippen LogP contribution in [0.2, 0.25) is 5.02 Å². The van der Waals surface area contributed by atoms with Crippen LogP contribution in [0.4, 0.5) is 5.69 Å². The van der Waals surface area contributed by atoms with Gasteiger partial charge in [-0.3, -0.25) is 14.5 Å². The molecule has 1 aliphatic rings. The number of carbonyl (C=O) groups is 2. The third kappa shape index (κ3) is 3.87. The van der Waals surface area contributed by atoms with E-state index in [4.69, 9.17) is 21.1 Å². The van der Waals surface area contributed by atoms with E-state index in [9.17, 15) is 14.7 Å². The topological polar surface area (TPSA) is 76.1 Å². The van der Waals surface area contributed by atoms with Crippen LogP contribution in [-0.2, 0) is 9.59 Å². The molecule has 3 aromatic rings.